The molecule has 2 heterocycles. The zero-order valence-corrected chi connectivity index (χ0v) is 14.6. The van der Waals surface area contributed by atoms with Crippen LogP contribution in [0.3, 0.4) is 0 Å². The maximum atomic E-state index is 13.2. The molecule has 0 unspecified atom stereocenters. The van der Waals surface area contributed by atoms with E-state index in [1.54, 1.807) is 0 Å². The van der Waals surface area contributed by atoms with Crippen molar-refractivity contribution in [2.75, 3.05) is 5.32 Å². The number of para-hydroxylation sites is 1. The summed E-state index contributed by atoms with van der Waals surface area (Å²) in [5, 5.41) is 18.9. The second kappa shape index (κ2) is 7.40. The quantitative estimate of drug-likeness (QED) is 0.619. The second-order valence-corrected chi connectivity index (χ2v) is 5.95. The number of anilines is 1. The van der Waals surface area contributed by atoms with Crippen molar-refractivity contribution < 1.29 is 36.2 Å². The van der Waals surface area contributed by atoms with Crippen molar-refractivity contribution in [3.8, 4) is 5.82 Å². The molecule has 0 radical (unpaired) electrons. The number of benzene rings is 1. The third-order valence-electron chi connectivity index (χ3n) is 4.04. The molecule has 0 saturated carbocycles. The number of hydrogen-bond donors (Lipinski definition) is 2. The molecule has 0 spiro atoms. The monoisotopic (exact) mass is 431 g/mol. The molecule has 1 amide bonds. The van der Waals surface area contributed by atoms with E-state index in [9.17, 15) is 36.2 Å². The van der Waals surface area contributed by atoms with Gasteiger partial charge in [-0.2, -0.15) is 26.3 Å². The van der Waals surface area contributed by atoms with Crippen LogP contribution in [0, 0.1) is 0 Å². The molecule has 7 nitrogen and oxygen atoms in total. The molecule has 0 bridgehead atoms. The van der Waals surface area contributed by atoms with Gasteiger partial charge in [0, 0.05) is 23.6 Å². The van der Waals surface area contributed by atoms with Crippen LogP contribution in [0.2, 0.25) is 0 Å². The van der Waals surface area contributed by atoms with Gasteiger partial charge in [0.15, 0.2) is 11.5 Å². The Labute approximate surface area is 164 Å². The summed E-state index contributed by atoms with van der Waals surface area (Å²) in [4.78, 5) is 16.1. The Morgan fingerprint density at radius 3 is 2.17 bits per heavy atom. The lowest BCUT2D eigenvalue weighted by atomic mass is 9.90. The molecule has 1 aromatic carbocycles. The highest BCUT2D eigenvalue weighted by atomic mass is 19.4. The Balaban J connectivity index is 1.94. The van der Waals surface area contributed by atoms with Crippen LogP contribution in [-0.2, 0) is 5.60 Å². The minimum absolute atomic E-state index is 0.271. The molecule has 3 rings (SSSR count). The fourth-order valence-corrected chi connectivity index (χ4v) is 2.54. The Kier molecular flexibility index (Phi) is 5.24. The lowest BCUT2D eigenvalue weighted by Gasteiger charge is -2.33. The van der Waals surface area contributed by atoms with Gasteiger partial charge < -0.3 is 10.4 Å². The van der Waals surface area contributed by atoms with Crippen molar-refractivity contribution in [3.63, 3.8) is 0 Å². The molecular formula is C17H11F6N5O2. The molecule has 0 aliphatic rings. The standard InChI is InChI=1S/C17H11F6N5O2/c18-16(19,20)15(30,17(21,22)23)10-3-1-2-4-11(10)25-14(29)12-5-6-13(27-26-12)28-8-7-24-9-28/h1-9,30H,(H,25,29). The summed E-state index contributed by atoms with van der Waals surface area (Å²) in [5.41, 5.74) is -8.04. The van der Waals surface area contributed by atoms with Gasteiger partial charge in [-0.3, -0.25) is 9.36 Å². The first-order valence-corrected chi connectivity index (χ1v) is 8.04. The molecule has 158 valence electrons. The maximum absolute atomic E-state index is 13.2. The predicted molar refractivity (Wildman–Crippen MR) is 89.6 cm³/mol. The highest BCUT2D eigenvalue weighted by Gasteiger charge is 2.72. The van der Waals surface area contributed by atoms with Crippen molar-refractivity contribution >= 4 is 11.6 Å². The van der Waals surface area contributed by atoms with E-state index in [-0.39, 0.29) is 11.5 Å². The lowest BCUT2D eigenvalue weighted by Crippen LogP contribution is -2.54. The lowest BCUT2D eigenvalue weighted by molar-refractivity contribution is -0.376. The number of nitrogens with zero attached hydrogens (tertiary/aromatic N) is 4. The Morgan fingerprint density at radius 1 is 0.967 bits per heavy atom. The van der Waals surface area contributed by atoms with E-state index in [4.69, 9.17) is 0 Å². The average molecular weight is 431 g/mol. The fourth-order valence-electron chi connectivity index (χ4n) is 2.54. The SMILES string of the molecule is O=C(Nc1ccccc1C(O)(C(F)(F)F)C(F)(F)F)c1ccc(-n2ccnc2)nn1. The highest BCUT2D eigenvalue weighted by Crippen LogP contribution is 2.51. The summed E-state index contributed by atoms with van der Waals surface area (Å²) in [5.74, 6) is -0.855. The summed E-state index contributed by atoms with van der Waals surface area (Å²) >= 11 is 0. The van der Waals surface area contributed by atoms with Gasteiger partial charge in [-0.25, -0.2) is 4.98 Å². The summed E-state index contributed by atoms with van der Waals surface area (Å²) in [6.07, 6.45) is -7.80. The topological polar surface area (TPSA) is 92.9 Å². The van der Waals surface area contributed by atoms with Crippen molar-refractivity contribution in [2.24, 2.45) is 0 Å². The van der Waals surface area contributed by atoms with Crippen LogP contribution in [0.25, 0.3) is 5.82 Å². The number of carbonyl (C=O) groups is 1. The fraction of sp³-hybridized carbons (Fsp3) is 0.176. The number of aromatic nitrogens is 4. The first-order valence-electron chi connectivity index (χ1n) is 8.04. The molecule has 0 fully saturated rings. The Morgan fingerprint density at radius 2 is 1.63 bits per heavy atom. The maximum Gasteiger partial charge on any atom is 0.430 e. The number of rotatable bonds is 4. The van der Waals surface area contributed by atoms with E-state index >= 15 is 0 Å². The van der Waals surface area contributed by atoms with Crippen LogP contribution in [0.5, 0.6) is 0 Å². The van der Waals surface area contributed by atoms with Gasteiger partial charge in [-0.15, -0.1) is 10.2 Å². The van der Waals surface area contributed by atoms with Crippen molar-refractivity contribution in [2.45, 2.75) is 18.0 Å². The molecule has 0 saturated heterocycles. The van der Waals surface area contributed by atoms with Gasteiger partial charge in [0.2, 0.25) is 0 Å². The second-order valence-electron chi connectivity index (χ2n) is 5.95. The van der Waals surface area contributed by atoms with Crippen LogP contribution < -0.4 is 5.32 Å². The summed E-state index contributed by atoms with van der Waals surface area (Å²) in [6.45, 7) is 0. The smallest absolute Gasteiger partial charge is 0.369 e. The highest BCUT2D eigenvalue weighted by molar-refractivity contribution is 6.03. The molecule has 0 aliphatic carbocycles. The van der Waals surface area contributed by atoms with Crippen molar-refractivity contribution in [3.05, 3.63) is 66.4 Å². The van der Waals surface area contributed by atoms with Gasteiger partial charge in [-0.1, -0.05) is 18.2 Å². The molecule has 30 heavy (non-hydrogen) atoms. The largest absolute Gasteiger partial charge is 0.430 e. The van der Waals surface area contributed by atoms with E-state index < -0.39 is 35.1 Å². The third-order valence-corrected chi connectivity index (χ3v) is 4.04. The van der Waals surface area contributed by atoms with Gasteiger partial charge >= 0.3 is 12.4 Å². The number of imidazole rings is 1. The molecule has 0 aliphatic heterocycles. The van der Waals surface area contributed by atoms with Crippen LogP contribution in [0.4, 0.5) is 32.0 Å². The van der Waals surface area contributed by atoms with Gasteiger partial charge in [-0.05, 0) is 18.2 Å². The van der Waals surface area contributed by atoms with Crippen LogP contribution in [-0.4, -0.2) is 43.1 Å². The first kappa shape index (κ1) is 21.2. The van der Waals surface area contributed by atoms with Crippen molar-refractivity contribution in [1.82, 2.24) is 19.7 Å². The number of nitrogens with one attached hydrogen (secondary N) is 1. The molecule has 2 aromatic heterocycles. The summed E-state index contributed by atoms with van der Waals surface area (Å²) < 4.78 is 80.6. The summed E-state index contributed by atoms with van der Waals surface area (Å²) in [7, 11) is 0. The van der Waals surface area contributed by atoms with Gasteiger partial charge in [0.05, 0.1) is 0 Å². The minimum Gasteiger partial charge on any atom is -0.369 e. The number of aliphatic hydroxyl groups is 1. The summed E-state index contributed by atoms with van der Waals surface area (Å²) in [6, 6.07) is 5.69. The average Bonchev–Trinajstić information content (AvgIpc) is 3.21. The Hall–Kier alpha value is -3.48. The number of amides is 1. The zero-order chi connectivity index (χ0) is 22.2. The molecule has 3 aromatic rings. The third kappa shape index (κ3) is 3.70. The van der Waals surface area contributed by atoms with E-state index in [2.05, 4.69) is 15.2 Å². The predicted octanol–water partition coefficient (Wildman–Crippen LogP) is 3.23. The van der Waals surface area contributed by atoms with E-state index in [1.807, 2.05) is 5.32 Å². The van der Waals surface area contributed by atoms with E-state index in [0.717, 1.165) is 18.2 Å². The van der Waals surface area contributed by atoms with Crippen LogP contribution >= 0.6 is 0 Å². The van der Waals surface area contributed by atoms with Gasteiger partial charge in [0.1, 0.15) is 6.33 Å². The van der Waals surface area contributed by atoms with Gasteiger partial charge in [0.25, 0.3) is 11.5 Å². The number of halogens is 6. The molecule has 13 heteroatoms. The number of hydrogen-bond acceptors (Lipinski definition) is 5. The van der Waals surface area contributed by atoms with E-state index in [1.165, 1.54) is 35.4 Å². The molecule has 2 N–H and O–H groups in total. The number of carbonyl (C=O) groups excluding carboxylic acids is 1. The number of alkyl halides is 6. The molecular weight excluding hydrogens is 420 g/mol. The van der Waals surface area contributed by atoms with Crippen LogP contribution in [0.15, 0.2) is 55.1 Å². The first-order chi connectivity index (χ1) is 13.9. The van der Waals surface area contributed by atoms with E-state index in [0.29, 0.717) is 6.07 Å². The van der Waals surface area contributed by atoms with Crippen LogP contribution in [0.1, 0.15) is 16.1 Å². The normalized spacial score (nSPS) is 12.6. The molecule has 0 atom stereocenters. The minimum atomic E-state index is -6.10. The Bertz CT molecular complexity index is 1020. The zero-order valence-electron chi connectivity index (χ0n) is 14.6. The van der Waals surface area contributed by atoms with Crippen molar-refractivity contribution in [1.29, 1.82) is 0 Å².